The second kappa shape index (κ2) is 7.02. The fourth-order valence-electron chi connectivity index (χ4n) is 1.28. The quantitative estimate of drug-likeness (QED) is 0.639. The Morgan fingerprint density at radius 2 is 2.07 bits per heavy atom. The lowest BCUT2D eigenvalue weighted by molar-refractivity contribution is 0.107. The van der Waals surface area contributed by atoms with Crippen LogP contribution >= 0.6 is 0 Å². The molecule has 1 rings (SSSR count). The predicted octanol–water partition coefficient (Wildman–Crippen LogP) is 3.68. The van der Waals surface area contributed by atoms with E-state index in [1.54, 1.807) is 6.08 Å². The summed E-state index contributed by atoms with van der Waals surface area (Å²) in [5.74, 6) is 0. The first-order valence-electron chi connectivity index (χ1n) is 5.32. The van der Waals surface area contributed by atoms with Crippen LogP contribution in [0.2, 0.25) is 0 Å². The summed E-state index contributed by atoms with van der Waals surface area (Å²) in [4.78, 5) is 0. The molecule has 0 bridgehead atoms. The summed E-state index contributed by atoms with van der Waals surface area (Å²) in [5.41, 5.74) is 1.21. The van der Waals surface area contributed by atoms with Gasteiger partial charge < -0.3 is 4.74 Å². The molecule has 0 aliphatic rings. The molecule has 15 heavy (non-hydrogen) atoms. The minimum Gasteiger partial charge on any atom is -0.370 e. The Labute approximate surface area is 92.1 Å². The molecule has 0 unspecified atom stereocenters. The van der Waals surface area contributed by atoms with Crippen LogP contribution in [-0.4, -0.2) is 12.7 Å². The highest BCUT2D eigenvalue weighted by Crippen LogP contribution is 2.06. The summed E-state index contributed by atoms with van der Waals surface area (Å²) in [6, 6.07) is 10.2. The van der Waals surface area contributed by atoms with Crippen molar-refractivity contribution < 1.29 is 4.74 Å². The van der Waals surface area contributed by atoms with Gasteiger partial charge in [-0.05, 0) is 12.0 Å². The van der Waals surface area contributed by atoms with Gasteiger partial charge in [-0.15, -0.1) is 6.58 Å². The lowest BCUT2D eigenvalue weighted by Gasteiger charge is -2.09. The first-order valence-corrected chi connectivity index (χ1v) is 5.32. The van der Waals surface area contributed by atoms with E-state index in [0.29, 0.717) is 6.61 Å². The Morgan fingerprint density at radius 1 is 1.33 bits per heavy atom. The number of ether oxygens (including phenoxy) is 1. The molecule has 1 nitrogen and oxygen atoms in total. The highest BCUT2D eigenvalue weighted by atomic mass is 16.5. The Bertz CT molecular complexity index is 300. The third-order valence-electron chi connectivity index (χ3n) is 2.13. The van der Waals surface area contributed by atoms with Crippen LogP contribution < -0.4 is 0 Å². The highest BCUT2D eigenvalue weighted by Gasteiger charge is 1.99. The van der Waals surface area contributed by atoms with Crippen molar-refractivity contribution in [3.63, 3.8) is 0 Å². The number of benzene rings is 1. The maximum Gasteiger partial charge on any atom is 0.0760 e. The van der Waals surface area contributed by atoms with Crippen molar-refractivity contribution in [1.82, 2.24) is 0 Å². The van der Waals surface area contributed by atoms with Crippen molar-refractivity contribution in [1.29, 1.82) is 0 Å². The van der Waals surface area contributed by atoms with Crippen molar-refractivity contribution in [3.8, 4) is 0 Å². The molecule has 0 saturated carbocycles. The zero-order chi connectivity index (χ0) is 10.9. The van der Waals surface area contributed by atoms with Crippen LogP contribution in [-0.2, 0) is 4.74 Å². The van der Waals surface area contributed by atoms with E-state index in [0.717, 1.165) is 6.42 Å². The second-order valence-electron chi connectivity index (χ2n) is 3.34. The molecule has 0 aliphatic heterocycles. The molecule has 0 radical (unpaired) electrons. The summed E-state index contributed by atoms with van der Waals surface area (Å²) < 4.78 is 5.56. The Hall–Kier alpha value is -1.34. The van der Waals surface area contributed by atoms with Crippen LogP contribution in [0.5, 0.6) is 0 Å². The summed E-state index contributed by atoms with van der Waals surface area (Å²) in [6.45, 7) is 6.36. The average Bonchev–Trinajstić information content (AvgIpc) is 2.31. The molecule has 0 heterocycles. The molecule has 1 atom stereocenters. The number of rotatable bonds is 6. The predicted molar refractivity (Wildman–Crippen MR) is 65.7 cm³/mol. The molecule has 1 aromatic carbocycles. The zero-order valence-corrected chi connectivity index (χ0v) is 9.23. The molecular formula is C14H18O. The van der Waals surface area contributed by atoms with Crippen LogP contribution in [0.4, 0.5) is 0 Å². The van der Waals surface area contributed by atoms with Gasteiger partial charge in [-0.2, -0.15) is 0 Å². The lowest BCUT2D eigenvalue weighted by atomic mass is 10.1. The Kier molecular flexibility index (Phi) is 5.49. The summed E-state index contributed by atoms with van der Waals surface area (Å²) in [7, 11) is 0. The van der Waals surface area contributed by atoms with Gasteiger partial charge in [0, 0.05) is 0 Å². The van der Waals surface area contributed by atoms with Crippen LogP contribution in [0.25, 0.3) is 6.08 Å². The Morgan fingerprint density at radius 3 is 2.67 bits per heavy atom. The van der Waals surface area contributed by atoms with E-state index in [1.807, 2.05) is 18.2 Å². The van der Waals surface area contributed by atoms with E-state index < -0.39 is 0 Å². The van der Waals surface area contributed by atoms with Crippen LogP contribution in [0, 0.1) is 0 Å². The van der Waals surface area contributed by atoms with Crippen molar-refractivity contribution in [2.45, 2.75) is 19.4 Å². The van der Waals surface area contributed by atoms with Gasteiger partial charge in [0.15, 0.2) is 0 Å². The van der Waals surface area contributed by atoms with Crippen molar-refractivity contribution in [2.24, 2.45) is 0 Å². The van der Waals surface area contributed by atoms with Gasteiger partial charge in [-0.3, -0.25) is 0 Å². The van der Waals surface area contributed by atoms with Crippen molar-refractivity contribution in [3.05, 3.63) is 54.6 Å². The lowest BCUT2D eigenvalue weighted by Crippen LogP contribution is -2.07. The maximum absolute atomic E-state index is 5.56. The number of hydrogen-bond donors (Lipinski definition) is 0. The molecule has 0 spiro atoms. The maximum atomic E-state index is 5.56. The van der Waals surface area contributed by atoms with Gasteiger partial charge in [0.2, 0.25) is 0 Å². The molecule has 80 valence electrons. The van der Waals surface area contributed by atoms with E-state index in [1.165, 1.54) is 5.56 Å². The zero-order valence-electron chi connectivity index (χ0n) is 9.23. The SMILES string of the molecule is C=CCO[C@H](C=Cc1ccccc1)CC. The molecule has 1 aromatic rings. The normalized spacial score (nSPS) is 12.9. The first-order chi connectivity index (χ1) is 7.36. The molecule has 0 amide bonds. The fourth-order valence-corrected chi connectivity index (χ4v) is 1.28. The molecular weight excluding hydrogens is 184 g/mol. The standard InChI is InChI=1S/C14H18O/c1-3-12-15-14(4-2)11-10-13-8-6-5-7-9-13/h3,5-11,14H,1,4,12H2,2H3/t14-/m0/s1. The molecule has 0 aliphatic carbocycles. The second-order valence-corrected chi connectivity index (χ2v) is 3.34. The molecule has 1 heteroatoms. The highest BCUT2D eigenvalue weighted by molar-refractivity contribution is 5.49. The molecule has 0 N–H and O–H groups in total. The minimum absolute atomic E-state index is 0.184. The van der Waals surface area contributed by atoms with Gasteiger partial charge in [-0.25, -0.2) is 0 Å². The summed E-state index contributed by atoms with van der Waals surface area (Å²) in [5, 5.41) is 0. The van der Waals surface area contributed by atoms with Crippen LogP contribution in [0.15, 0.2) is 49.1 Å². The number of hydrogen-bond acceptors (Lipinski definition) is 1. The van der Waals surface area contributed by atoms with Gasteiger partial charge in [0.1, 0.15) is 0 Å². The van der Waals surface area contributed by atoms with E-state index >= 15 is 0 Å². The van der Waals surface area contributed by atoms with Gasteiger partial charge in [-0.1, -0.05) is 55.5 Å². The molecule has 0 aromatic heterocycles. The molecule has 0 fully saturated rings. The van der Waals surface area contributed by atoms with Crippen molar-refractivity contribution in [2.75, 3.05) is 6.61 Å². The van der Waals surface area contributed by atoms with Gasteiger partial charge in [0.05, 0.1) is 12.7 Å². The molecule has 0 saturated heterocycles. The topological polar surface area (TPSA) is 9.23 Å². The summed E-state index contributed by atoms with van der Waals surface area (Å²) >= 11 is 0. The van der Waals surface area contributed by atoms with Crippen LogP contribution in [0.1, 0.15) is 18.9 Å². The van der Waals surface area contributed by atoms with E-state index in [2.05, 4.69) is 37.8 Å². The fraction of sp³-hybridized carbons (Fsp3) is 0.286. The minimum atomic E-state index is 0.184. The first kappa shape index (κ1) is 11.7. The monoisotopic (exact) mass is 202 g/mol. The van der Waals surface area contributed by atoms with Gasteiger partial charge >= 0.3 is 0 Å². The Balaban J connectivity index is 2.50. The van der Waals surface area contributed by atoms with E-state index in [4.69, 9.17) is 4.74 Å². The third kappa shape index (κ3) is 4.61. The van der Waals surface area contributed by atoms with Crippen LogP contribution in [0.3, 0.4) is 0 Å². The van der Waals surface area contributed by atoms with Crippen molar-refractivity contribution >= 4 is 6.08 Å². The third-order valence-corrected chi connectivity index (χ3v) is 2.13. The van der Waals surface area contributed by atoms with E-state index in [9.17, 15) is 0 Å². The smallest absolute Gasteiger partial charge is 0.0760 e. The van der Waals surface area contributed by atoms with E-state index in [-0.39, 0.29) is 6.10 Å². The summed E-state index contributed by atoms with van der Waals surface area (Å²) in [6.07, 6.45) is 7.13. The largest absolute Gasteiger partial charge is 0.370 e. The van der Waals surface area contributed by atoms with Gasteiger partial charge in [0.25, 0.3) is 0 Å². The average molecular weight is 202 g/mol.